The molecule has 0 fully saturated rings. The summed E-state index contributed by atoms with van der Waals surface area (Å²) in [4.78, 5) is 0. The quantitative estimate of drug-likeness (QED) is 0.600. The molecule has 0 spiro atoms. The van der Waals surface area contributed by atoms with E-state index in [2.05, 4.69) is 27.7 Å². The van der Waals surface area contributed by atoms with E-state index in [9.17, 15) is 0 Å². The summed E-state index contributed by atoms with van der Waals surface area (Å²) in [6.45, 7) is 9.73. The molecule has 4 heteroatoms. The number of hydrogen-bond donors (Lipinski definition) is 0. The third-order valence-corrected chi connectivity index (χ3v) is 1.06. The summed E-state index contributed by atoms with van der Waals surface area (Å²) in [5, 5.41) is 2.75. The van der Waals surface area contributed by atoms with Gasteiger partial charge >= 0.3 is 60.5 Å². The Hall–Kier alpha value is 1.17. The van der Waals surface area contributed by atoms with Crippen LogP contribution < -0.4 is 0 Å². The van der Waals surface area contributed by atoms with Gasteiger partial charge in [-0.3, -0.25) is 0 Å². The van der Waals surface area contributed by atoms with Crippen LogP contribution in [0.5, 0.6) is 0 Å². The molecule has 0 aromatic rings. The first-order chi connectivity index (χ1) is 7.66. The summed E-state index contributed by atoms with van der Waals surface area (Å²) < 4.78 is 0. The topological polar surface area (TPSA) is 47.6 Å². The fourth-order valence-corrected chi connectivity index (χ4v) is 0.354. The Kier molecular flexibility index (Phi) is 71.6. The minimum atomic E-state index is 0.594. The van der Waals surface area contributed by atoms with E-state index in [1.807, 2.05) is 0 Å². The van der Waals surface area contributed by atoms with E-state index in [0.29, 0.717) is 13.1 Å². The van der Waals surface area contributed by atoms with Gasteiger partial charge in [0.15, 0.2) is 0 Å². The van der Waals surface area contributed by atoms with Gasteiger partial charge in [0, 0.05) is 0 Å². The molecule has 16 heavy (non-hydrogen) atoms. The van der Waals surface area contributed by atoms with Crippen LogP contribution in [0.1, 0.15) is 53.4 Å². The second-order valence-electron chi connectivity index (χ2n) is 3.21. The maximum atomic E-state index is 6.60. The van der Waals surface area contributed by atoms with Crippen LogP contribution in [0.2, 0.25) is 10.0 Å². The summed E-state index contributed by atoms with van der Waals surface area (Å²) in [5.41, 5.74) is 13.2. The van der Waals surface area contributed by atoms with Gasteiger partial charge in [0.25, 0.3) is 0 Å². The van der Waals surface area contributed by atoms with Crippen LogP contribution in [0.3, 0.4) is 0 Å². The molecular weight excluding hydrogens is 303 g/mol. The molecule has 0 aromatic carbocycles. The third kappa shape index (κ3) is 114. The number of unbranched alkanes of at least 4 members (excludes halogenated alkanes) is 2. The summed E-state index contributed by atoms with van der Waals surface area (Å²) >= 11 is 2.89. The molecule has 0 saturated carbocycles. The van der Waals surface area contributed by atoms with E-state index >= 15 is 0 Å². The van der Waals surface area contributed by atoms with E-state index in [1.165, 1.54) is 46.6 Å². The van der Waals surface area contributed by atoms with Crippen LogP contribution in [-0.4, -0.2) is 13.1 Å². The maximum absolute atomic E-state index is 6.60. The van der Waals surface area contributed by atoms with Gasteiger partial charge in [0.05, 0.1) is 0 Å². The van der Waals surface area contributed by atoms with Gasteiger partial charge in [-0.1, -0.05) is 39.5 Å². The molecule has 0 amide bonds. The third-order valence-electron chi connectivity index (χ3n) is 1.06. The van der Waals surface area contributed by atoms with Crippen molar-refractivity contribution in [1.29, 1.82) is 0 Å². The standard InChI is InChI=1S/2C4H10N.2C2H5.2Zn/c2*1-2-3-4-5;2*1-2;;/h2*5H,2-4H2,1H3;2*1H2,2H3;;/q2*-1;;;2*+1. The SMILES string of the molecule is CCCC[NH-].CCCC[NH-].C[CH2][Zn+].C[CH2][Zn+]. The first-order valence-electron chi connectivity index (χ1n) is 6.54. The van der Waals surface area contributed by atoms with Crippen molar-refractivity contribution >= 4 is 0 Å². The molecule has 0 atom stereocenters. The molecule has 2 nitrogen and oxygen atoms in total. The minimum absolute atomic E-state index is 0.594. The Morgan fingerprint density at radius 1 is 0.688 bits per heavy atom. The molecule has 0 aromatic heterocycles. The monoisotopic (exact) mass is 330 g/mol. The number of hydrogen-bond acceptors (Lipinski definition) is 0. The fraction of sp³-hybridized carbons (Fsp3) is 1.00. The molecule has 0 radical (unpaired) electrons. The first kappa shape index (κ1) is 25.9. The van der Waals surface area contributed by atoms with Crippen LogP contribution in [0.4, 0.5) is 0 Å². The van der Waals surface area contributed by atoms with Gasteiger partial charge in [0.1, 0.15) is 0 Å². The van der Waals surface area contributed by atoms with Gasteiger partial charge in [-0.25, -0.2) is 0 Å². The molecule has 0 aliphatic rings. The predicted octanol–water partition coefficient (Wildman–Crippen LogP) is 5.62. The Bertz CT molecular complexity index is 53.0. The Morgan fingerprint density at radius 2 is 0.875 bits per heavy atom. The molecule has 0 heterocycles. The van der Waals surface area contributed by atoms with Crippen molar-refractivity contribution in [3.05, 3.63) is 11.5 Å². The number of nitrogens with one attached hydrogen (secondary N) is 2. The summed E-state index contributed by atoms with van der Waals surface area (Å²) in [6.07, 6.45) is 4.42. The second kappa shape index (κ2) is 44.3. The number of rotatable bonds is 4. The van der Waals surface area contributed by atoms with Gasteiger partial charge in [-0.2, -0.15) is 13.1 Å². The van der Waals surface area contributed by atoms with Gasteiger partial charge in [-0.15, -0.1) is 0 Å². The molecule has 0 bridgehead atoms. The fourth-order valence-electron chi connectivity index (χ4n) is 0.354. The van der Waals surface area contributed by atoms with Crippen molar-refractivity contribution in [2.24, 2.45) is 0 Å². The summed E-state index contributed by atoms with van der Waals surface area (Å²) in [5.74, 6) is 0. The van der Waals surface area contributed by atoms with Crippen molar-refractivity contribution in [2.75, 3.05) is 13.1 Å². The van der Waals surface area contributed by atoms with Crippen LogP contribution >= 0.6 is 0 Å². The van der Waals surface area contributed by atoms with Crippen molar-refractivity contribution in [1.82, 2.24) is 0 Å². The van der Waals surface area contributed by atoms with E-state index in [-0.39, 0.29) is 0 Å². The molecule has 0 unspecified atom stereocenters. The molecule has 0 rings (SSSR count). The van der Waals surface area contributed by atoms with E-state index in [4.69, 9.17) is 11.5 Å². The molecule has 92 valence electrons. The second-order valence-corrected chi connectivity index (χ2v) is 7.40. The summed E-state index contributed by atoms with van der Waals surface area (Å²) in [6, 6.07) is 0. The Labute approximate surface area is 124 Å². The van der Waals surface area contributed by atoms with Crippen LogP contribution in [0, 0.1) is 0 Å². The van der Waals surface area contributed by atoms with Crippen molar-refractivity contribution in [3.8, 4) is 0 Å². The van der Waals surface area contributed by atoms with E-state index < -0.39 is 0 Å². The van der Waals surface area contributed by atoms with Gasteiger partial charge in [0.2, 0.25) is 0 Å². The van der Waals surface area contributed by atoms with Crippen molar-refractivity contribution in [2.45, 2.75) is 63.4 Å². The Morgan fingerprint density at radius 3 is 0.875 bits per heavy atom. The van der Waals surface area contributed by atoms with Gasteiger partial charge in [-0.05, 0) is 0 Å². The molecular formula is C12H30N2Zn2. The van der Waals surface area contributed by atoms with Crippen molar-refractivity contribution in [3.63, 3.8) is 0 Å². The summed E-state index contributed by atoms with van der Waals surface area (Å²) in [7, 11) is 0. The van der Waals surface area contributed by atoms with E-state index in [1.54, 1.807) is 0 Å². The Balaban J connectivity index is -0.0000000621. The van der Waals surface area contributed by atoms with Crippen molar-refractivity contribution < 1.29 is 36.6 Å². The zero-order valence-corrected chi connectivity index (χ0v) is 18.0. The van der Waals surface area contributed by atoms with Crippen LogP contribution in [-0.2, 0) is 36.6 Å². The molecule has 2 N–H and O–H groups in total. The molecule has 0 aliphatic carbocycles. The van der Waals surface area contributed by atoms with Gasteiger partial charge < -0.3 is 11.5 Å². The average Bonchev–Trinajstić information content (AvgIpc) is 2.23. The molecule has 0 saturated heterocycles. The average molecular weight is 333 g/mol. The zero-order chi connectivity index (χ0) is 13.7. The van der Waals surface area contributed by atoms with E-state index in [0.717, 1.165) is 25.7 Å². The predicted molar refractivity (Wildman–Crippen MR) is 69.2 cm³/mol. The zero-order valence-electron chi connectivity index (χ0n) is 12.1. The first-order valence-corrected chi connectivity index (χ1v) is 10.7. The normalized spacial score (nSPS) is 7.62. The molecule has 0 aliphatic heterocycles. The van der Waals surface area contributed by atoms with Crippen LogP contribution in [0.25, 0.3) is 11.5 Å². The van der Waals surface area contributed by atoms with Crippen LogP contribution in [0.15, 0.2) is 0 Å².